The Labute approximate surface area is 90.4 Å². The normalized spacial score (nSPS) is 13.5. The average molecular weight is 210 g/mol. The second kappa shape index (κ2) is 6.81. The zero-order valence-electron chi connectivity index (χ0n) is 9.25. The lowest BCUT2D eigenvalue weighted by Crippen LogP contribution is -2.37. The molecule has 84 valence electrons. The minimum absolute atomic E-state index is 0.181. The topological polar surface area (TPSA) is 58.2 Å². The molecule has 2 N–H and O–H groups in total. The first kappa shape index (κ1) is 13.4. The molecule has 0 radical (unpaired) electrons. The molecule has 0 bridgehead atoms. The Balaban J connectivity index is 4.51. The van der Waals surface area contributed by atoms with Gasteiger partial charge in [-0.05, 0) is 18.8 Å². The zero-order chi connectivity index (χ0) is 11.8. The highest BCUT2D eigenvalue weighted by Crippen LogP contribution is 2.16. The van der Waals surface area contributed by atoms with Crippen LogP contribution in [0.2, 0.25) is 0 Å². The van der Waals surface area contributed by atoms with Crippen LogP contribution >= 0.6 is 0 Å². The monoisotopic (exact) mass is 210 g/mol. The number of amides is 2. The summed E-state index contributed by atoms with van der Waals surface area (Å²) in [6.45, 7) is 10.4. The summed E-state index contributed by atoms with van der Waals surface area (Å²) in [5.74, 6) is -1.11. The number of carbonyl (C=O) groups is 2. The van der Waals surface area contributed by atoms with Crippen LogP contribution in [0, 0.1) is 11.8 Å². The number of rotatable bonds is 6. The van der Waals surface area contributed by atoms with Gasteiger partial charge in [0, 0.05) is 11.8 Å². The van der Waals surface area contributed by atoms with Crippen LogP contribution in [-0.4, -0.2) is 11.8 Å². The van der Waals surface area contributed by atoms with Crippen molar-refractivity contribution in [2.75, 3.05) is 0 Å². The van der Waals surface area contributed by atoms with E-state index < -0.39 is 0 Å². The molecular weight excluding hydrogens is 192 g/mol. The number of carbonyl (C=O) groups excluding carboxylic acids is 2. The van der Waals surface area contributed by atoms with Gasteiger partial charge in [-0.15, -0.1) is 0 Å². The van der Waals surface area contributed by atoms with Crippen LogP contribution in [0.5, 0.6) is 0 Å². The lowest BCUT2D eigenvalue weighted by Gasteiger charge is -2.19. The van der Waals surface area contributed by atoms with Crippen molar-refractivity contribution in [3.8, 4) is 0 Å². The van der Waals surface area contributed by atoms with Crippen molar-refractivity contribution in [3.05, 3.63) is 25.6 Å². The van der Waals surface area contributed by atoms with Crippen LogP contribution in [-0.2, 0) is 9.59 Å². The van der Waals surface area contributed by atoms with Gasteiger partial charge in [0.15, 0.2) is 0 Å². The number of hydrogen-bond donors (Lipinski definition) is 2. The molecule has 0 rings (SSSR count). The summed E-state index contributed by atoms with van der Waals surface area (Å²) in [5.41, 5.74) is 0. The van der Waals surface area contributed by atoms with Gasteiger partial charge in [-0.1, -0.05) is 27.0 Å². The van der Waals surface area contributed by atoms with E-state index in [1.807, 2.05) is 6.92 Å². The minimum Gasteiger partial charge on any atom is -0.333 e. The van der Waals surface area contributed by atoms with E-state index in [0.717, 1.165) is 0 Å². The molecule has 0 saturated heterocycles. The molecule has 2 unspecified atom stereocenters. The van der Waals surface area contributed by atoms with E-state index in [0.29, 0.717) is 6.42 Å². The molecule has 0 aromatic carbocycles. The van der Waals surface area contributed by atoms with Crippen molar-refractivity contribution in [1.82, 2.24) is 10.6 Å². The molecule has 0 aliphatic carbocycles. The van der Waals surface area contributed by atoms with Crippen LogP contribution in [0.4, 0.5) is 0 Å². The maximum Gasteiger partial charge on any atom is 0.227 e. The van der Waals surface area contributed by atoms with Crippen LogP contribution < -0.4 is 10.6 Å². The summed E-state index contributed by atoms with van der Waals surface area (Å²) in [4.78, 5) is 23.0. The summed E-state index contributed by atoms with van der Waals surface area (Å²) in [7, 11) is 0. The Bertz CT molecular complexity index is 261. The van der Waals surface area contributed by atoms with Gasteiger partial charge in [-0.2, -0.15) is 0 Å². The molecule has 0 spiro atoms. The Kier molecular flexibility index (Phi) is 6.09. The molecule has 4 nitrogen and oxygen atoms in total. The van der Waals surface area contributed by atoms with Gasteiger partial charge in [-0.25, -0.2) is 0 Å². The highest BCUT2D eigenvalue weighted by atomic mass is 16.2. The van der Waals surface area contributed by atoms with E-state index in [4.69, 9.17) is 0 Å². The van der Waals surface area contributed by atoms with Crippen molar-refractivity contribution in [2.24, 2.45) is 11.8 Å². The molecule has 15 heavy (non-hydrogen) atoms. The van der Waals surface area contributed by atoms with E-state index in [1.165, 1.54) is 12.4 Å². The van der Waals surface area contributed by atoms with Crippen LogP contribution in [0.25, 0.3) is 0 Å². The molecule has 2 atom stereocenters. The van der Waals surface area contributed by atoms with Crippen LogP contribution in [0.3, 0.4) is 0 Å². The first-order chi connectivity index (χ1) is 7.08. The smallest absolute Gasteiger partial charge is 0.227 e. The highest BCUT2D eigenvalue weighted by Gasteiger charge is 2.27. The van der Waals surface area contributed by atoms with Crippen LogP contribution in [0.1, 0.15) is 20.3 Å². The fourth-order valence-corrected chi connectivity index (χ4v) is 1.39. The third-order valence-corrected chi connectivity index (χ3v) is 2.28. The molecule has 0 aliphatic heterocycles. The number of hydrogen-bond acceptors (Lipinski definition) is 2. The third-order valence-electron chi connectivity index (χ3n) is 2.28. The molecule has 0 heterocycles. The summed E-state index contributed by atoms with van der Waals surface area (Å²) in [6, 6.07) is 0. The Morgan fingerprint density at radius 2 is 1.67 bits per heavy atom. The molecule has 4 heteroatoms. The van der Waals surface area contributed by atoms with E-state index in [-0.39, 0.29) is 23.7 Å². The summed E-state index contributed by atoms with van der Waals surface area (Å²) < 4.78 is 0. The number of nitrogens with one attached hydrogen (secondary N) is 2. The Morgan fingerprint density at radius 3 is 2.07 bits per heavy atom. The molecule has 0 aromatic heterocycles. The quantitative estimate of drug-likeness (QED) is 0.691. The second-order valence-electron chi connectivity index (χ2n) is 3.23. The second-order valence-corrected chi connectivity index (χ2v) is 3.23. The van der Waals surface area contributed by atoms with Gasteiger partial charge in [-0.3, -0.25) is 9.59 Å². The van der Waals surface area contributed by atoms with Crippen molar-refractivity contribution in [3.63, 3.8) is 0 Å². The largest absolute Gasteiger partial charge is 0.333 e. The van der Waals surface area contributed by atoms with Gasteiger partial charge in [0.1, 0.15) is 0 Å². The lowest BCUT2D eigenvalue weighted by atomic mass is 9.90. The molecule has 0 fully saturated rings. The lowest BCUT2D eigenvalue weighted by molar-refractivity contribution is -0.133. The standard InChI is InChI=1S/C11H18N2O2/c1-5-9(11(15)13-7-3)8(4)10(14)12-6-2/h6-9H,2-3,5H2,1,4H3,(H,12,14)(H,13,15). The fraction of sp³-hybridized carbons (Fsp3) is 0.455. The van der Waals surface area contributed by atoms with Gasteiger partial charge >= 0.3 is 0 Å². The third kappa shape index (κ3) is 3.97. The molecule has 0 aromatic rings. The van der Waals surface area contributed by atoms with E-state index in [1.54, 1.807) is 6.92 Å². The van der Waals surface area contributed by atoms with Crippen molar-refractivity contribution < 1.29 is 9.59 Å². The predicted molar refractivity (Wildman–Crippen MR) is 59.6 cm³/mol. The van der Waals surface area contributed by atoms with Crippen molar-refractivity contribution in [1.29, 1.82) is 0 Å². The zero-order valence-corrected chi connectivity index (χ0v) is 9.25. The molecule has 0 saturated carbocycles. The molecule has 0 aliphatic rings. The first-order valence-corrected chi connectivity index (χ1v) is 4.91. The minimum atomic E-state index is -0.382. The maximum absolute atomic E-state index is 11.5. The molecular formula is C11H18N2O2. The SMILES string of the molecule is C=CNC(=O)C(C)C(CC)C(=O)NC=C. The van der Waals surface area contributed by atoms with E-state index >= 15 is 0 Å². The first-order valence-electron chi connectivity index (χ1n) is 4.91. The van der Waals surface area contributed by atoms with Crippen molar-refractivity contribution >= 4 is 11.8 Å². The molecule has 2 amide bonds. The van der Waals surface area contributed by atoms with Gasteiger partial charge < -0.3 is 10.6 Å². The highest BCUT2D eigenvalue weighted by molar-refractivity contribution is 5.88. The van der Waals surface area contributed by atoms with Gasteiger partial charge in [0.05, 0.1) is 0 Å². The Hall–Kier alpha value is -1.58. The summed E-state index contributed by atoms with van der Waals surface area (Å²) >= 11 is 0. The van der Waals surface area contributed by atoms with Gasteiger partial charge in [0.2, 0.25) is 11.8 Å². The maximum atomic E-state index is 11.5. The van der Waals surface area contributed by atoms with Gasteiger partial charge in [0.25, 0.3) is 0 Å². The van der Waals surface area contributed by atoms with E-state index in [9.17, 15) is 9.59 Å². The summed E-state index contributed by atoms with van der Waals surface area (Å²) in [6.07, 6.45) is 3.24. The fourth-order valence-electron chi connectivity index (χ4n) is 1.39. The average Bonchev–Trinajstić information content (AvgIpc) is 2.19. The van der Waals surface area contributed by atoms with E-state index in [2.05, 4.69) is 23.8 Å². The van der Waals surface area contributed by atoms with Crippen molar-refractivity contribution in [2.45, 2.75) is 20.3 Å². The summed E-state index contributed by atoms with van der Waals surface area (Å²) in [5, 5.41) is 4.97. The van der Waals surface area contributed by atoms with Crippen LogP contribution in [0.15, 0.2) is 25.6 Å². The predicted octanol–water partition coefficient (Wildman–Crippen LogP) is 1.17. The Morgan fingerprint density at radius 1 is 1.20 bits per heavy atom.